The van der Waals surface area contributed by atoms with Crippen molar-refractivity contribution < 1.29 is 9.90 Å². The van der Waals surface area contributed by atoms with E-state index in [9.17, 15) is 4.79 Å². The molecular weight excluding hydrogens is 228 g/mol. The standard InChI is InChI=1S/C14H14N2O2/c1-9-3-2-4-10(7-9)16-11-5-6-12(14(17)18)13(15)8-11/h2-8,16H,15H2,1H3,(H,17,18). The Labute approximate surface area is 105 Å². The van der Waals surface area contributed by atoms with E-state index >= 15 is 0 Å². The largest absolute Gasteiger partial charge is 0.478 e. The molecule has 0 aliphatic rings. The molecule has 0 aromatic heterocycles. The van der Waals surface area contributed by atoms with Crippen LogP contribution in [-0.2, 0) is 0 Å². The summed E-state index contributed by atoms with van der Waals surface area (Å²) in [5, 5.41) is 12.1. The van der Waals surface area contributed by atoms with E-state index in [0.29, 0.717) is 0 Å². The van der Waals surface area contributed by atoms with Gasteiger partial charge in [-0.1, -0.05) is 12.1 Å². The molecule has 0 fully saturated rings. The Bertz CT molecular complexity index is 594. The van der Waals surface area contributed by atoms with E-state index in [4.69, 9.17) is 10.8 Å². The smallest absolute Gasteiger partial charge is 0.337 e. The normalized spacial score (nSPS) is 10.1. The third-order valence-electron chi connectivity index (χ3n) is 2.59. The van der Waals surface area contributed by atoms with Crippen LogP contribution < -0.4 is 11.1 Å². The summed E-state index contributed by atoms with van der Waals surface area (Å²) in [6.45, 7) is 2.01. The molecule has 0 aliphatic carbocycles. The highest BCUT2D eigenvalue weighted by molar-refractivity contribution is 5.94. The average molecular weight is 242 g/mol. The van der Waals surface area contributed by atoms with Crippen LogP contribution in [0.1, 0.15) is 15.9 Å². The molecule has 0 unspecified atom stereocenters. The van der Waals surface area contributed by atoms with E-state index in [1.165, 1.54) is 6.07 Å². The maximum absolute atomic E-state index is 10.8. The van der Waals surface area contributed by atoms with Crippen LogP contribution in [0, 0.1) is 6.92 Å². The van der Waals surface area contributed by atoms with Gasteiger partial charge in [-0.05, 0) is 42.8 Å². The van der Waals surface area contributed by atoms with Crippen LogP contribution in [-0.4, -0.2) is 11.1 Å². The molecule has 0 spiro atoms. The van der Waals surface area contributed by atoms with Crippen molar-refractivity contribution in [3.63, 3.8) is 0 Å². The second-order valence-electron chi connectivity index (χ2n) is 4.10. The number of aryl methyl sites for hydroxylation is 1. The average Bonchev–Trinajstić information content (AvgIpc) is 2.28. The van der Waals surface area contributed by atoms with Gasteiger partial charge in [-0.25, -0.2) is 4.79 Å². The van der Waals surface area contributed by atoms with Gasteiger partial charge in [-0.2, -0.15) is 0 Å². The quantitative estimate of drug-likeness (QED) is 0.723. The molecule has 92 valence electrons. The Morgan fingerprint density at radius 3 is 2.50 bits per heavy atom. The topological polar surface area (TPSA) is 75.3 Å². The molecule has 4 N–H and O–H groups in total. The van der Waals surface area contributed by atoms with Crippen molar-refractivity contribution in [2.24, 2.45) is 0 Å². The number of benzene rings is 2. The first-order valence-corrected chi connectivity index (χ1v) is 5.53. The van der Waals surface area contributed by atoms with Crippen molar-refractivity contribution in [1.82, 2.24) is 0 Å². The zero-order valence-electron chi connectivity index (χ0n) is 9.97. The molecule has 2 aromatic rings. The predicted octanol–water partition coefficient (Wildman–Crippen LogP) is 3.02. The number of hydrogen-bond donors (Lipinski definition) is 3. The Hall–Kier alpha value is -2.49. The lowest BCUT2D eigenvalue weighted by Gasteiger charge is -2.09. The second-order valence-corrected chi connectivity index (χ2v) is 4.10. The van der Waals surface area contributed by atoms with Gasteiger partial charge < -0.3 is 16.2 Å². The van der Waals surface area contributed by atoms with Crippen molar-refractivity contribution in [2.45, 2.75) is 6.92 Å². The van der Waals surface area contributed by atoms with E-state index < -0.39 is 5.97 Å². The van der Waals surface area contributed by atoms with Crippen LogP contribution >= 0.6 is 0 Å². The summed E-state index contributed by atoms with van der Waals surface area (Å²) in [6.07, 6.45) is 0. The zero-order chi connectivity index (χ0) is 13.1. The van der Waals surface area contributed by atoms with Crippen LogP contribution in [0.4, 0.5) is 17.1 Å². The third-order valence-corrected chi connectivity index (χ3v) is 2.59. The summed E-state index contributed by atoms with van der Waals surface area (Å²) in [6, 6.07) is 12.7. The van der Waals surface area contributed by atoms with Crippen molar-refractivity contribution in [3.05, 3.63) is 53.6 Å². The van der Waals surface area contributed by atoms with E-state index in [1.54, 1.807) is 12.1 Å². The molecule has 18 heavy (non-hydrogen) atoms. The molecule has 0 radical (unpaired) electrons. The Kier molecular flexibility index (Phi) is 3.19. The zero-order valence-corrected chi connectivity index (χ0v) is 9.97. The lowest BCUT2D eigenvalue weighted by molar-refractivity contribution is 0.0698. The number of hydrogen-bond acceptors (Lipinski definition) is 3. The van der Waals surface area contributed by atoms with E-state index in [-0.39, 0.29) is 11.3 Å². The number of carboxylic acid groups (broad SMARTS) is 1. The highest BCUT2D eigenvalue weighted by atomic mass is 16.4. The fourth-order valence-corrected chi connectivity index (χ4v) is 1.72. The maximum atomic E-state index is 10.8. The fraction of sp³-hybridized carbons (Fsp3) is 0.0714. The molecule has 4 nitrogen and oxygen atoms in total. The minimum atomic E-state index is -1.02. The molecule has 0 atom stereocenters. The summed E-state index contributed by atoms with van der Waals surface area (Å²) in [5.74, 6) is -1.02. The van der Waals surface area contributed by atoms with Gasteiger partial charge in [0.05, 0.1) is 5.56 Å². The molecule has 0 aliphatic heterocycles. The van der Waals surface area contributed by atoms with E-state index in [2.05, 4.69) is 5.32 Å². The summed E-state index contributed by atoms with van der Waals surface area (Å²) >= 11 is 0. The van der Waals surface area contributed by atoms with Gasteiger partial charge in [0, 0.05) is 17.1 Å². The monoisotopic (exact) mass is 242 g/mol. The van der Waals surface area contributed by atoms with Crippen LogP contribution in [0.25, 0.3) is 0 Å². The molecule has 0 saturated heterocycles. The molecule has 0 saturated carbocycles. The van der Waals surface area contributed by atoms with Gasteiger partial charge in [0.25, 0.3) is 0 Å². The van der Waals surface area contributed by atoms with Crippen molar-refractivity contribution in [3.8, 4) is 0 Å². The summed E-state index contributed by atoms with van der Waals surface area (Å²) in [7, 11) is 0. The number of rotatable bonds is 3. The number of nitrogens with one attached hydrogen (secondary N) is 1. The second kappa shape index (κ2) is 4.79. The first kappa shape index (κ1) is 12.0. The minimum Gasteiger partial charge on any atom is -0.478 e. The number of aromatic carboxylic acids is 1. The van der Waals surface area contributed by atoms with Gasteiger partial charge in [-0.15, -0.1) is 0 Å². The van der Waals surface area contributed by atoms with Gasteiger partial charge in [0.1, 0.15) is 0 Å². The van der Waals surface area contributed by atoms with Crippen LogP contribution in [0.5, 0.6) is 0 Å². The van der Waals surface area contributed by atoms with Crippen molar-refractivity contribution in [2.75, 3.05) is 11.1 Å². The lowest BCUT2D eigenvalue weighted by atomic mass is 10.1. The molecule has 2 rings (SSSR count). The van der Waals surface area contributed by atoms with Gasteiger partial charge in [0.2, 0.25) is 0 Å². The molecule has 0 amide bonds. The fourth-order valence-electron chi connectivity index (χ4n) is 1.72. The minimum absolute atomic E-state index is 0.116. The number of nitrogens with two attached hydrogens (primary N) is 1. The van der Waals surface area contributed by atoms with Crippen molar-refractivity contribution >= 4 is 23.0 Å². The predicted molar refractivity (Wildman–Crippen MR) is 72.3 cm³/mol. The summed E-state index contributed by atoms with van der Waals surface area (Å²) < 4.78 is 0. The maximum Gasteiger partial charge on any atom is 0.337 e. The molecule has 0 heterocycles. The van der Waals surface area contributed by atoms with Crippen LogP contribution in [0.2, 0.25) is 0 Å². The Balaban J connectivity index is 2.25. The highest BCUT2D eigenvalue weighted by Crippen LogP contribution is 2.22. The van der Waals surface area contributed by atoms with Gasteiger partial charge >= 0.3 is 5.97 Å². The Morgan fingerprint density at radius 2 is 1.89 bits per heavy atom. The lowest BCUT2D eigenvalue weighted by Crippen LogP contribution is -2.03. The van der Waals surface area contributed by atoms with Gasteiger partial charge in [-0.3, -0.25) is 0 Å². The molecular formula is C14H14N2O2. The van der Waals surface area contributed by atoms with Crippen LogP contribution in [0.3, 0.4) is 0 Å². The first-order chi connectivity index (χ1) is 8.56. The highest BCUT2D eigenvalue weighted by Gasteiger charge is 2.07. The van der Waals surface area contributed by atoms with E-state index in [0.717, 1.165) is 16.9 Å². The first-order valence-electron chi connectivity index (χ1n) is 5.53. The molecule has 4 heteroatoms. The SMILES string of the molecule is Cc1cccc(Nc2ccc(C(=O)O)c(N)c2)c1. The Morgan fingerprint density at radius 1 is 1.17 bits per heavy atom. The van der Waals surface area contributed by atoms with E-state index in [1.807, 2.05) is 31.2 Å². The summed E-state index contributed by atoms with van der Waals surface area (Å²) in [4.78, 5) is 10.8. The summed E-state index contributed by atoms with van der Waals surface area (Å²) in [5.41, 5.74) is 8.91. The van der Waals surface area contributed by atoms with Crippen molar-refractivity contribution in [1.29, 1.82) is 0 Å². The molecule has 0 bridgehead atoms. The molecule has 2 aromatic carbocycles. The number of nitrogen functional groups attached to an aromatic ring is 1. The number of anilines is 3. The van der Waals surface area contributed by atoms with Crippen LogP contribution in [0.15, 0.2) is 42.5 Å². The number of carbonyl (C=O) groups is 1. The van der Waals surface area contributed by atoms with Gasteiger partial charge in [0.15, 0.2) is 0 Å². The number of carboxylic acids is 1. The third kappa shape index (κ3) is 2.60.